The third kappa shape index (κ3) is 4.47. The molecule has 1 aromatic rings. The standard InChI is InChI=1S/C13H19BrN2O3/c1-13(2,3)10(4-5-17)16-11-9(12(18)19)6-8(14)7-15-11/h6-7,10,17H,4-5H2,1-3H3,(H,15,16)(H,18,19). The van der Waals surface area contributed by atoms with Gasteiger partial charge in [0.15, 0.2) is 0 Å². The largest absolute Gasteiger partial charge is 0.478 e. The van der Waals surface area contributed by atoms with E-state index < -0.39 is 5.97 Å². The number of aromatic nitrogens is 1. The molecule has 5 nitrogen and oxygen atoms in total. The molecular formula is C13H19BrN2O3. The van der Waals surface area contributed by atoms with E-state index >= 15 is 0 Å². The third-order valence-electron chi connectivity index (χ3n) is 2.86. The van der Waals surface area contributed by atoms with E-state index in [0.29, 0.717) is 16.7 Å². The van der Waals surface area contributed by atoms with Crippen LogP contribution in [-0.4, -0.2) is 33.8 Å². The maximum Gasteiger partial charge on any atom is 0.339 e. The first-order valence-electron chi connectivity index (χ1n) is 6.02. The average Bonchev–Trinajstić information content (AvgIpc) is 2.29. The fourth-order valence-electron chi connectivity index (χ4n) is 1.73. The van der Waals surface area contributed by atoms with Crippen LogP contribution in [0.15, 0.2) is 16.7 Å². The molecule has 6 heteroatoms. The SMILES string of the molecule is CC(C)(C)C(CCO)Nc1ncc(Br)cc1C(=O)O. The number of hydrogen-bond acceptors (Lipinski definition) is 4. The molecule has 0 fully saturated rings. The molecule has 0 aliphatic rings. The van der Waals surface area contributed by atoms with Crippen LogP contribution in [0.5, 0.6) is 0 Å². The molecule has 1 atom stereocenters. The Morgan fingerprint density at radius 2 is 2.16 bits per heavy atom. The Morgan fingerprint density at radius 1 is 1.53 bits per heavy atom. The van der Waals surface area contributed by atoms with E-state index in [1.807, 2.05) is 20.8 Å². The summed E-state index contributed by atoms with van der Waals surface area (Å²) in [4.78, 5) is 15.3. The summed E-state index contributed by atoms with van der Waals surface area (Å²) in [5, 5.41) is 21.4. The van der Waals surface area contributed by atoms with Gasteiger partial charge in [0.2, 0.25) is 0 Å². The topological polar surface area (TPSA) is 82.5 Å². The second kappa shape index (κ2) is 6.34. The monoisotopic (exact) mass is 330 g/mol. The number of carboxylic acid groups (broad SMARTS) is 1. The van der Waals surface area contributed by atoms with Crippen LogP contribution >= 0.6 is 15.9 Å². The molecule has 0 aromatic carbocycles. The van der Waals surface area contributed by atoms with Crippen molar-refractivity contribution in [1.82, 2.24) is 4.98 Å². The molecule has 1 heterocycles. The number of carboxylic acids is 1. The Bertz CT molecular complexity index is 458. The lowest BCUT2D eigenvalue weighted by atomic mass is 9.85. The zero-order valence-electron chi connectivity index (χ0n) is 11.3. The summed E-state index contributed by atoms with van der Waals surface area (Å²) in [6.07, 6.45) is 2.08. The molecule has 1 unspecified atom stereocenters. The highest BCUT2D eigenvalue weighted by Crippen LogP contribution is 2.27. The number of aliphatic hydroxyl groups excluding tert-OH is 1. The number of aliphatic hydroxyl groups is 1. The number of anilines is 1. The summed E-state index contributed by atoms with van der Waals surface area (Å²) < 4.78 is 0.616. The first-order chi connectivity index (χ1) is 8.75. The Labute approximate surface area is 121 Å². The quantitative estimate of drug-likeness (QED) is 0.773. The van der Waals surface area contributed by atoms with Crippen molar-refractivity contribution < 1.29 is 15.0 Å². The van der Waals surface area contributed by atoms with Gasteiger partial charge in [-0.2, -0.15) is 0 Å². The molecule has 0 amide bonds. The van der Waals surface area contributed by atoms with E-state index in [2.05, 4.69) is 26.2 Å². The van der Waals surface area contributed by atoms with Gasteiger partial charge in [0, 0.05) is 23.3 Å². The lowest BCUT2D eigenvalue weighted by molar-refractivity contribution is 0.0697. The number of rotatable bonds is 5. The van der Waals surface area contributed by atoms with E-state index in [1.165, 1.54) is 6.07 Å². The molecule has 0 saturated heterocycles. The molecular weight excluding hydrogens is 312 g/mol. The van der Waals surface area contributed by atoms with Crippen molar-refractivity contribution in [3.05, 3.63) is 22.3 Å². The van der Waals surface area contributed by atoms with E-state index in [4.69, 9.17) is 5.11 Å². The van der Waals surface area contributed by atoms with Crippen molar-refractivity contribution in [2.45, 2.75) is 33.2 Å². The molecule has 3 N–H and O–H groups in total. The highest BCUT2D eigenvalue weighted by atomic mass is 79.9. The Morgan fingerprint density at radius 3 is 2.63 bits per heavy atom. The molecule has 106 valence electrons. The summed E-state index contributed by atoms with van der Waals surface area (Å²) in [5.41, 5.74) is -0.00524. The number of hydrogen-bond donors (Lipinski definition) is 3. The van der Waals surface area contributed by atoms with Gasteiger partial charge in [-0.25, -0.2) is 9.78 Å². The van der Waals surface area contributed by atoms with Crippen LogP contribution in [0.3, 0.4) is 0 Å². The lowest BCUT2D eigenvalue weighted by Gasteiger charge is -2.32. The second-order valence-electron chi connectivity index (χ2n) is 5.43. The number of carbonyl (C=O) groups is 1. The maximum absolute atomic E-state index is 11.2. The summed E-state index contributed by atoms with van der Waals surface area (Å²) in [6.45, 7) is 6.12. The van der Waals surface area contributed by atoms with Crippen molar-refractivity contribution in [3.63, 3.8) is 0 Å². The third-order valence-corrected chi connectivity index (χ3v) is 3.29. The molecule has 1 aromatic heterocycles. The predicted octanol–water partition coefficient (Wildman–Crippen LogP) is 2.75. The molecule has 0 radical (unpaired) electrons. The fourth-order valence-corrected chi connectivity index (χ4v) is 2.06. The summed E-state index contributed by atoms with van der Waals surface area (Å²) >= 11 is 3.21. The zero-order valence-corrected chi connectivity index (χ0v) is 12.9. The summed E-state index contributed by atoms with van der Waals surface area (Å²) in [7, 11) is 0. The predicted molar refractivity (Wildman–Crippen MR) is 77.5 cm³/mol. The first kappa shape index (κ1) is 15.9. The van der Waals surface area contributed by atoms with Crippen molar-refractivity contribution in [1.29, 1.82) is 0 Å². The number of pyridine rings is 1. The van der Waals surface area contributed by atoms with Gasteiger partial charge < -0.3 is 15.5 Å². The molecule has 0 spiro atoms. The Kier molecular flexibility index (Phi) is 5.31. The van der Waals surface area contributed by atoms with Gasteiger partial charge in [-0.15, -0.1) is 0 Å². The van der Waals surface area contributed by atoms with E-state index in [-0.39, 0.29) is 23.6 Å². The summed E-state index contributed by atoms with van der Waals surface area (Å²) in [6, 6.07) is 1.44. The van der Waals surface area contributed by atoms with E-state index in [9.17, 15) is 9.90 Å². The van der Waals surface area contributed by atoms with Crippen LogP contribution in [-0.2, 0) is 0 Å². The molecule has 0 bridgehead atoms. The van der Waals surface area contributed by atoms with Crippen LogP contribution in [0.4, 0.5) is 5.82 Å². The number of aromatic carboxylic acids is 1. The number of nitrogens with one attached hydrogen (secondary N) is 1. The summed E-state index contributed by atoms with van der Waals surface area (Å²) in [5.74, 6) is -0.711. The van der Waals surface area contributed by atoms with Crippen LogP contribution in [0, 0.1) is 5.41 Å². The van der Waals surface area contributed by atoms with E-state index in [1.54, 1.807) is 6.20 Å². The van der Waals surface area contributed by atoms with Crippen molar-refractivity contribution >= 4 is 27.7 Å². The molecule has 1 rings (SSSR count). The van der Waals surface area contributed by atoms with Crippen LogP contribution in [0.2, 0.25) is 0 Å². The van der Waals surface area contributed by atoms with Crippen LogP contribution in [0.25, 0.3) is 0 Å². The van der Waals surface area contributed by atoms with Crippen molar-refractivity contribution in [3.8, 4) is 0 Å². The first-order valence-corrected chi connectivity index (χ1v) is 6.81. The number of nitrogens with zero attached hydrogens (tertiary/aromatic N) is 1. The fraction of sp³-hybridized carbons (Fsp3) is 0.538. The van der Waals surface area contributed by atoms with Crippen molar-refractivity contribution in [2.75, 3.05) is 11.9 Å². The molecule has 0 aliphatic carbocycles. The van der Waals surface area contributed by atoms with Gasteiger partial charge in [-0.05, 0) is 33.8 Å². The lowest BCUT2D eigenvalue weighted by Crippen LogP contribution is -2.35. The number of halogens is 1. The second-order valence-corrected chi connectivity index (χ2v) is 6.35. The highest BCUT2D eigenvalue weighted by molar-refractivity contribution is 9.10. The minimum Gasteiger partial charge on any atom is -0.478 e. The zero-order chi connectivity index (χ0) is 14.6. The van der Waals surface area contributed by atoms with Gasteiger partial charge in [-0.1, -0.05) is 20.8 Å². The minimum atomic E-state index is -1.03. The van der Waals surface area contributed by atoms with Gasteiger partial charge in [0.1, 0.15) is 11.4 Å². The Balaban J connectivity index is 3.06. The average molecular weight is 331 g/mol. The van der Waals surface area contributed by atoms with Crippen LogP contribution < -0.4 is 5.32 Å². The van der Waals surface area contributed by atoms with E-state index in [0.717, 1.165) is 0 Å². The van der Waals surface area contributed by atoms with Gasteiger partial charge in [0.05, 0.1) is 0 Å². The highest BCUT2D eigenvalue weighted by Gasteiger charge is 2.26. The molecule has 0 aliphatic heterocycles. The van der Waals surface area contributed by atoms with Gasteiger partial charge in [0.25, 0.3) is 0 Å². The van der Waals surface area contributed by atoms with Crippen LogP contribution in [0.1, 0.15) is 37.6 Å². The normalized spacial score (nSPS) is 13.1. The minimum absolute atomic E-state index is 0.0356. The van der Waals surface area contributed by atoms with Crippen molar-refractivity contribution in [2.24, 2.45) is 5.41 Å². The maximum atomic E-state index is 11.2. The molecule has 19 heavy (non-hydrogen) atoms. The smallest absolute Gasteiger partial charge is 0.339 e. The van der Waals surface area contributed by atoms with Gasteiger partial charge >= 0.3 is 5.97 Å². The Hall–Kier alpha value is -1.14. The molecule has 0 saturated carbocycles. The van der Waals surface area contributed by atoms with Gasteiger partial charge in [-0.3, -0.25) is 0 Å².